The van der Waals surface area contributed by atoms with Crippen LogP contribution >= 0.6 is 0 Å². The van der Waals surface area contributed by atoms with Gasteiger partial charge in [-0.1, -0.05) is 18.7 Å². The van der Waals surface area contributed by atoms with E-state index in [1.54, 1.807) is 24.3 Å². The lowest BCUT2D eigenvalue weighted by atomic mass is 10.1. The fourth-order valence-electron chi connectivity index (χ4n) is 3.54. The Morgan fingerprint density at radius 1 is 1.29 bits per heavy atom. The first-order valence-electron chi connectivity index (χ1n) is 9.73. The predicted octanol–water partition coefficient (Wildman–Crippen LogP) is 4.00. The van der Waals surface area contributed by atoms with Gasteiger partial charge in [-0.05, 0) is 36.6 Å². The van der Waals surface area contributed by atoms with Gasteiger partial charge in [-0.2, -0.15) is 9.65 Å². The van der Waals surface area contributed by atoms with Gasteiger partial charge in [0.15, 0.2) is 11.6 Å². The molecule has 0 amide bonds. The van der Waals surface area contributed by atoms with Crippen LogP contribution in [0, 0.1) is 17.1 Å². The highest BCUT2D eigenvalue weighted by molar-refractivity contribution is 5.80. The van der Waals surface area contributed by atoms with Gasteiger partial charge >= 0.3 is 0 Å². The first-order chi connectivity index (χ1) is 15.1. The third-order valence-electron chi connectivity index (χ3n) is 5.17. The van der Waals surface area contributed by atoms with Crippen LogP contribution in [0.1, 0.15) is 17.7 Å². The smallest absolute Gasteiger partial charge is 0.207 e. The monoisotopic (exact) mass is 413 g/mol. The molecule has 31 heavy (non-hydrogen) atoms. The van der Waals surface area contributed by atoms with Gasteiger partial charge in [0.25, 0.3) is 0 Å². The largest absolute Gasteiger partial charge is 0.362 e. The van der Waals surface area contributed by atoms with Crippen LogP contribution in [0.25, 0.3) is 10.9 Å². The van der Waals surface area contributed by atoms with Crippen molar-refractivity contribution in [1.82, 2.24) is 15.0 Å². The first kappa shape index (κ1) is 20.2. The van der Waals surface area contributed by atoms with Crippen molar-refractivity contribution in [2.75, 3.05) is 23.3 Å². The van der Waals surface area contributed by atoms with Gasteiger partial charge in [0.2, 0.25) is 5.82 Å². The number of benzene rings is 1. The highest BCUT2D eigenvalue weighted by Gasteiger charge is 2.22. The van der Waals surface area contributed by atoms with E-state index < -0.39 is 5.82 Å². The van der Waals surface area contributed by atoms with Crippen molar-refractivity contribution in [2.45, 2.75) is 13.0 Å². The molecule has 0 aliphatic carbocycles. The van der Waals surface area contributed by atoms with Crippen molar-refractivity contribution in [1.29, 1.82) is 5.26 Å². The molecule has 154 valence electrons. The Morgan fingerprint density at radius 2 is 2.16 bits per heavy atom. The van der Waals surface area contributed by atoms with Gasteiger partial charge in [-0.3, -0.25) is 9.98 Å². The fourth-order valence-corrected chi connectivity index (χ4v) is 3.54. The quantitative estimate of drug-likeness (QED) is 0.615. The zero-order valence-corrected chi connectivity index (χ0v) is 16.8. The van der Waals surface area contributed by atoms with Crippen molar-refractivity contribution in [2.24, 2.45) is 4.99 Å². The van der Waals surface area contributed by atoms with Crippen molar-refractivity contribution in [3.63, 3.8) is 0 Å². The number of nitriles is 1. The third-order valence-corrected chi connectivity index (χ3v) is 5.17. The van der Waals surface area contributed by atoms with Gasteiger partial charge in [0.1, 0.15) is 6.33 Å². The number of aromatic nitrogens is 3. The molecule has 0 fully saturated rings. The number of hydrogen-bond acceptors (Lipinski definition) is 7. The lowest BCUT2D eigenvalue weighted by Gasteiger charge is -2.29. The van der Waals surface area contributed by atoms with Gasteiger partial charge in [-0.15, -0.1) is 0 Å². The molecule has 0 saturated heterocycles. The van der Waals surface area contributed by atoms with Crippen LogP contribution in [0.15, 0.2) is 65.6 Å². The van der Waals surface area contributed by atoms with Crippen molar-refractivity contribution in [3.8, 4) is 6.07 Å². The van der Waals surface area contributed by atoms with Crippen molar-refractivity contribution < 1.29 is 4.39 Å². The van der Waals surface area contributed by atoms with E-state index in [1.165, 1.54) is 6.33 Å². The van der Waals surface area contributed by atoms with E-state index >= 15 is 4.39 Å². The van der Waals surface area contributed by atoms with Gasteiger partial charge < -0.3 is 10.2 Å². The number of nitrogens with one attached hydrogen (secondary N) is 1. The number of aliphatic imine (C=N–C) groups is 1. The summed E-state index contributed by atoms with van der Waals surface area (Å²) in [7, 11) is 0. The second kappa shape index (κ2) is 8.71. The highest BCUT2D eigenvalue weighted by atomic mass is 19.1. The molecule has 4 rings (SSSR count). The summed E-state index contributed by atoms with van der Waals surface area (Å²) in [5.74, 6) is -0.167. The van der Waals surface area contributed by atoms with E-state index in [0.717, 1.165) is 27.9 Å². The third kappa shape index (κ3) is 4.12. The second-order valence-corrected chi connectivity index (χ2v) is 7.04. The average molecular weight is 413 g/mol. The maximum Gasteiger partial charge on any atom is 0.207 e. The minimum Gasteiger partial charge on any atom is -0.362 e. The molecule has 1 aliphatic heterocycles. The predicted molar refractivity (Wildman–Crippen MR) is 119 cm³/mol. The molecule has 0 bridgehead atoms. The van der Waals surface area contributed by atoms with Crippen LogP contribution in [0.5, 0.6) is 0 Å². The molecule has 0 unspecified atom stereocenters. The van der Waals surface area contributed by atoms with E-state index in [4.69, 9.17) is 5.26 Å². The van der Waals surface area contributed by atoms with Crippen LogP contribution in [-0.2, 0) is 6.54 Å². The SMILES string of the molecule is C=CC1=C(N=C)CCN(c2ncnc(NCc3ccc4cc(C#N)ccc4n3)c2F)C1. The number of halogens is 1. The number of nitrogens with zero attached hydrogens (tertiary/aromatic N) is 6. The molecular weight excluding hydrogens is 393 g/mol. The lowest BCUT2D eigenvalue weighted by molar-refractivity contribution is 0.602. The molecule has 0 radical (unpaired) electrons. The highest BCUT2D eigenvalue weighted by Crippen LogP contribution is 2.27. The van der Waals surface area contributed by atoms with Crippen molar-refractivity contribution in [3.05, 3.63) is 77.7 Å². The maximum atomic E-state index is 15.1. The van der Waals surface area contributed by atoms with E-state index in [1.807, 2.05) is 17.0 Å². The molecule has 0 atom stereocenters. The number of rotatable bonds is 6. The van der Waals surface area contributed by atoms with Gasteiger partial charge in [0.05, 0.1) is 29.4 Å². The van der Waals surface area contributed by atoms with Crippen LogP contribution in [0.2, 0.25) is 0 Å². The molecule has 0 spiro atoms. The number of anilines is 2. The van der Waals surface area contributed by atoms with E-state index in [-0.39, 0.29) is 11.6 Å². The van der Waals surface area contributed by atoms with Gasteiger partial charge in [-0.25, -0.2) is 9.97 Å². The Bertz CT molecular complexity index is 1240. The Labute approximate surface area is 179 Å². The maximum absolute atomic E-state index is 15.1. The van der Waals surface area contributed by atoms with Crippen molar-refractivity contribution >= 4 is 29.3 Å². The van der Waals surface area contributed by atoms with E-state index in [9.17, 15) is 0 Å². The average Bonchev–Trinajstić information content (AvgIpc) is 2.82. The molecule has 8 heteroatoms. The summed E-state index contributed by atoms with van der Waals surface area (Å²) in [6, 6.07) is 11.2. The van der Waals surface area contributed by atoms with E-state index in [0.29, 0.717) is 31.6 Å². The molecule has 2 aromatic heterocycles. The summed E-state index contributed by atoms with van der Waals surface area (Å²) in [4.78, 5) is 18.6. The normalized spacial score (nSPS) is 13.7. The Kier molecular flexibility index (Phi) is 5.67. The van der Waals surface area contributed by atoms with Crippen LogP contribution in [-0.4, -0.2) is 34.8 Å². The molecule has 0 saturated carbocycles. The Morgan fingerprint density at radius 3 is 2.94 bits per heavy atom. The summed E-state index contributed by atoms with van der Waals surface area (Å²) in [5, 5.41) is 12.9. The molecular formula is C23H20FN7. The molecule has 3 aromatic rings. The minimum atomic E-state index is -0.514. The summed E-state index contributed by atoms with van der Waals surface area (Å²) in [5.41, 5.74) is 3.87. The van der Waals surface area contributed by atoms with Gasteiger partial charge in [0, 0.05) is 30.6 Å². The molecule has 3 heterocycles. The lowest BCUT2D eigenvalue weighted by Crippen LogP contribution is -2.32. The molecule has 7 nitrogen and oxygen atoms in total. The second-order valence-electron chi connectivity index (χ2n) is 7.04. The van der Waals surface area contributed by atoms with E-state index in [2.05, 4.69) is 44.6 Å². The van der Waals surface area contributed by atoms with Crippen LogP contribution in [0.4, 0.5) is 16.0 Å². The molecule has 1 aromatic carbocycles. The number of fused-ring (bicyclic) bond motifs is 1. The molecule has 1 aliphatic rings. The zero-order chi connectivity index (χ0) is 21.8. The van der Waals surface area contributed by atoms with Crippen LogP contribution in [0.3, 0.4) is 0 Å². The fraction of sp³-hybridized carbons (Fsp3) is 0.174. The summed E-state index contributed by atoms with van der Waals surface area (Å²) < 4.78 is 15.1. The zero-order valence-electron chi connectivity index (χ0n) is 16.8. The Balaban J connectivity index is 1.52. The topological polar surface area (TPSA) is 90.1 Å². The number of hydrogen-bond donors (Lipinski definition) is 1. The summed E-state index contributed by atoms with van der Waals surface area (Å²) >= 11 is 0. The number of pyridine rings is 1. The molecule has 1 N–H and O–H groups in total. The summed E-state index contributed by atoms with van der Waals surface area (Å²) in [6.07, 6.45) is 3.71. The van der Waals surface area contributed by atoms with Crippen LogP contribution < -0.4 is 10.2 Å². The Hall–Kier alpha value is -4.12. The minimum absolute atomic E-state index is 0.114. The first-order valence-corrected chi connectivity index (χ1v) is 9.73. The summed E-state index contributed by atoms with van der Waals surface area (Å²) in [6.45, 7) is 8.74. The standard InChI is InChI=1S/C23H20FN7/c1-3-16-13-31(9-8-19(16)26-2)23-21(24)22(28-14-29-23)27-12-18-6-5-17-10-15(11-25)4-7-20(17)30-18/h3-7,10,14H,1-2,8-9,12-13H2,(H,27,28,29).